The third kappa shape index (κ3) is 3.25. The van der Waals surface area contributed by atoms with Crippen LogP contribution in [0.4, 0.5) is 0 Å². The van der Waals surface area contributed by atoms with Gasteiger partial charge in [0.25, 0.3) is 5.91 Å². The molecule has 0 spiro atoms. The maximum atomic E-state index is 13.0. The van der Waals surface area contributed by atoms with Crippen molar-refractivity contribution >= 4 is 17.5 Å². The van der Waals surface area contributed by atoms with E-state index in [9.17, 15) is 4.79 Å². The summed E-state index contributed by atoms with van der Waals surface area (Å²) in [5.74, 6) is 0.981. The number of carbonyl (C=O) groups excluding carboxylic acids is 1. The van der Waals surface area contributed by atoms with Crippen LogP contribution in [0.3, 0.4) is 0 Å². The largest absolute Gasteiger partial charge is 0.496 e. The van der Waals surface area contributed by atoms with Crippen molar-refractivity contribution in [2.24, 2.45) is 11.7 Å². The summed E-state index contributed by atoms with van der Waals surface area (Å²) >= 11 is 6.06. The molecule has 0 bridgehead atoms. The van der Waals surface area contributed by atoms with Crippen molar-refractivity contribution in [2.45, 2.75) is 5.92 Å². The minimum Gasteiger partial charge on any atom is -0.496 e. The molecule has 1 saturated heterocycles. The molecule has 0 unspecified atom stereocenters. The number of methoxy groups -OCH3 is 1. The summed E-state index contributed by atoms with van der Waals surface area (Å²) in [5, 5.41) is 0.522. The molecule has 1 aliphatic heterocycles. The number of benzene rings is 2. The lowest BCUT2D eigenvalue weighted by molar-refractivity contribution is 0.0783. The number of carbonyl (C=O) groups is 1. The molecule has 5 heteroatoms. The van der Waals surface area contributed by atoms with Gasteiger partial charge in [-0.1, -0.05) is 41.9 Å². The summed E-state index contributed by atoms with van der Waals surface area (Å²) in [6.07, 6.45) is 0. The minimum absolute atomic E-state index is 0.0637. The average molecular weight is 345 g/mol. The SMILES string of the molecule is COc1ccc(Cl)cc1C(=O)N1C[C@@H](CN)[C@H](c2ccccc2)C1. The van der Waals surface area contributed by atoms with Crippen molar-refractivity contribution in [1.82, 2.24) is 4.90 Å². The molecule has 0 aromatic heterocycles. The monoisotopic (exact) mass is 344 g/mol. The van der Waals surface area contributed by atoms with Gasteiger partial charge in [-0.2, -0.15) is 0 Å². The fourth-order valence-electron chi connectivity index (χ4n) is 3.37. The minimum atomic E-state index is -0.0637. The Balaban J connectivity index is 1.86. The van der Waals surface area contributed by atoms with Gasteiger partial charge in [0.15, 0.2) is 0 Å². The van der Waals surface area contributed by atoms with Gasteiger partial charge in [-0.25, -0.2) is 0 Å². The van der Waals surface area contributed by atoms with Gasteiger partial charge in [-0.3, -0.25) is 4.79 Å². The fourth-order valence-corrected chi connectivity index (χ4v) is 3.54. The van der Waals surface area contributed by atoms with Crippen molar-refractivity contribution in [3.05, 3.63) is 64.7 Å². The molecule has 0 radical (unpaired) electrons. The Hall–Kier alpha value is -2.04. The zero-order valence-electron chi connectivity index (χ0n) is 13.6. The van der Waals surface area contributed by atoms with E-state index in [-0.39, 0.29) is 17.7 Å². The molecule has 1 fully saturated rings. The Kier molecular flexibility index (Phi) is 5.07. The quantitative estimate of drug-likeness (QED) is 0.926. The standard InChI is InChI=1S/C19H21ClN2O2/c1-24-18-8-7-15(20)9-16(18)19(23)22-11-14(10-21)17(12-22)13-5-3-2-4-6-13/h2-9,14,17H,10-12,21H2,1H3/t14-,17+/m1/s1. The van der Waals surface area contributed by atoms with Gasteiger partial charge in [0.1, 0.15) is 5.75 Å². The van der Waals surface area contributed by atoms with Gasteiger partial charge in [-0.15, -0.1) is 0 Å². The second kappa shape index (κ2) is 7.24. The van der Waals surface area contributed by atoms with Crippen molar-refractivity contribution in [3.8, 4) is 5.75 Å². The molecule has 0 saturated carbocycles. The van der Waals surface area contributed by atoms with Crippen molar-refractivity contribution in [2.75, 3.05) is 26.7 Å². The molecule has 3 rings (SSSR count). The molecular formula is C19H21ClN2O2. The number of amides is 1. The van der Waals surface area contributed by atoms with E-state index >= 15 is 0 Å². The molecule has 0 aliphatic carbocycles. The fraction of sp³-hybridized carbons (Fsp3) is 0.316. The van der Waals surface area contributed by atoms with Crippen LogP contribution >= 0.6 is 11.6 Å². The summed E-state index contributed by atoms with van der Waals surface area (Å²) < 4.78 is 5.31. The van der Waals surface area contributed by atoms with Crippen molar-refractivity contribution < 1.29 is 9.53 Å². The van der Waals surface area contributed by atoms with Crippen LogP contribution in [-0.4, -0.2) is 37.6 Å². The normalized spacial score (nSPS) is 20.2. The third-order valence-electron chi connectivity index (χ3n) is 4.65. The molecule has 2 aromatic rings. The van der Waals surface area contributed by atoms with E-state index in [0.717, 1.165) is 0 Å². The van der Waals surface area contributed by atoms with E-state index in [1.165, 1.54) is 5.56 Å². The van der Waals surface area contributed by atoms with Crippen LogP contribution in [0.25, 0.3) is 0 Å². The Morgan fingerprint density at radius 2 is 2.00 bits per heavy atom. The summed E-state index contributed by atoms with van der Waals surface area (Å²) in [4.78, 5) is 14.8. The first-order chi connectivity index (χ1) is 11.6. The summed E-state index contributed by atoms with van der Waals surface area (Å²) in [5.41, 5.74) is 7.68. The maximum absolute atomic E-state index is 13.0. The second-order valence-corrected chi connectivity index (χ2v) is 6.50. The predicted molar refractivity (Wildman–Crippen MR) is 95.6 cm³/mol. The van der Waals surface area contributed by atoms with Crippen molar-refractivity contribution in [1.29, 1.82) is 0 Å². The maximum Gasteiger partial charge on any atom is 0.257 e. The van der Waals surface area contributed by atoms with E-state index in [0.29, 0.717) is 36.0 Å². The molecule has 2 N–H and O–H groups in total. The number of rotatable bonds is 4. The molecule has 24 heavy (non-hydrogen) atoms. The summed E-state index contributed by atoms with van der Waals surface area (Å²) in [7, 11) is 1.56. The number of hydrogen-bond acceptors (Lipinski definition) is 3. The molecule has 1 aliphatic rings. The molecule has 126 valence electrons. The Labute approximate surface area is 147 Å². The third-order valence-corrected chi connectivity index (χ3v) is 4.89. The Morgan fingerprint density at radius 1 is 1.25 bits per heavy atom. The number of likely N-dealkylation sites (tertiary alicyclic amines) is 1. The number of nitrogens with two attached hydrogens (primary N) is 1. The lowest BCUT2D eigenvalue weighted by Crippen LogP contribution is -2.30. The molecule has 2 aromatic carbocycles. The van der Waals surface area contributed by atoms with Crippen LogP contribution in [0.2, 0.25) is 5.02 Å². The molecule has 4 nitrogen and oxygen atoms in total. The van der Waals surface area contributed by atoms with Gasteiger partial charge in [-0.05, 0) is 36.2 Å². The molecule has 1 heterocycles. The zero-order chi connectivity index (χ0) is 17.1. The smallest absolute Gasteiger partial charge is 0.257 e. The van der Waals surface area contributed by atoms with E-state index in [2.05, 4.69) is 12.1 Å². The van der Waals surface area contributed by atoms with Crippen LogP contribution in [0.1, 0.15) is 21.8 Å². The van der Waals surface area contributed by atoms with Crippen LogP contribution < -0.4 is 10.5 Å². The summed E-state index contributed by atoms with van der Waals surface area (Å²) in [6.45, 7) is 1.85. The van der Waals surface area contributed by atoms with E-state index < -0.39 is 0 Å². The van der Waals surface area contributed by atoms with E-state index in [4.69, 9.17) is 22.1 Å². The number of nitrogens with zero attached hydrogens (tertiary/aromatic N) is 1. The second-order valence-electron chi connectivity index (χ2n) is 6.07. The lowest BCUT2D eigenvalue weighted by Gasteiger charge is -2.18. The Morgan fingerprint density at radius 3 is 2.67 bits per heavy atom. The van der Waals surface area contributed by atoms with Gasteiger partial charge >= 0.3 is 0 Å². The summed E-state index contributed by atoms with van der Waals surface area (Å²) in [6, 6.07) is 15.3. The average Bonchev–Trinajstić information content (AvgIpc) is 3.06. The Bertz CT molecular complexity index is 721. The highest BCUT2D eigenvalue weighted by atomic mass is 35.5. The van der Waals surface area contributed by atoms with Crippen molar-refractivity contribution in [3.63, 3.8) is 0 Å². The molecule has 1 amide bonds. The van der Waals surface area contributed by atoms with E-state index in [1.54, 1.807) is 25.3 Å². The number of ether oxygens (including phenoxy) is 1. The van der Waals surface area contributed by atoms with Crippen LogP contribution in [0.5, 0.6) is 5.75 Å². The van der Waals surface area contributed by atoms with Crippen LogP contribution in [0, 0.1) is 5.92 Å². The van der Waals surface area contributed by atoms with Crippen LogP contribution in [-0.2, 0) is 0 Å². The first kappa shape index (κ1) is 16.8. The van der Waals surface area contributed by atoms with E-state index in [1.807, 2.05) is 23.1 Å². The lowest BCUT2D eigenvalue weighted by atomic mass is 9.89. The van der Waals surface area contributed by atoms with Gasteiger partial charge in [0.2, 0.25) is 0 Å². The molecular weight excluding hydrogens is 324 g/mol. The van der Waals surface area contributed by atoms with Crippen LogP contribution in [0.15, 0.2) is 48.5 Å². The van der Waals surface area contributed by atoms with Gasteiger partial charge < -0.3 is 15.4 Å². The first-order valence-corrected chi connectivity index (χ1v) is 8.39. The van der Waals surface area contributed by atoms with Gasteiger partial charge in [0.05, 0.1) is 12.7 Å². The zero-order valence-corrected chi connectivity index (χ0v) is 14.4. The highest BCUT2D eigenvalue weighted by molar-refractivity contribution is 6.31. The first-order valence-electron chi connectivity index (χ1n) is 8.02. The number of halogens is 1. The topological polar surface area (TPSA) is 55.6 Å². The van der Waals surface area contributed by atoms with Gasteiger partial charge in [0, 0.05) is 24.0 Å². The highest BCUT2D eigenvalue weighted by Crippen LogP contribution is 2.34. The highest BCUT2D eigenvalue weighted by Gasteiger charge is 2.36. The molecule has 2 atom stereocenters. The number of hydrogen-bond donors (Lipinski definition) is 1. The predicted octanol–water partition coefficient (Wildman–Crippen LogP) is 3.16.